The molecule has 1 atom stereocenters. The first-order valence-electron chi connectivity index (χ1n) is 7.76. The lowest BCUT2D eigenvalue weighted by Gasteiger charge is -2.25. The quantitative estimate of drug-likeness (QED) is 0.622. The molecule has 2 aliphatic rings. The molecule has 21 heavy (non-hydrogen) atoms. The second-order valence-corrected chi connectivity index (χ2v) is 7.07. The van der Waals surface area contributed by atoms with Crippen molar-refractivity contribution in [3.05, 3.63) is 29.8 Å². The summed E-state index contributed by atoms with van der Waals surface area (Å²) in [6.07, 6.45) is 8.64. The molecule has 3 rings (SSSR count). The zero-order valence-corrected chi connectivity index (χ0v) is 13.0. The van der Waals surface area contributed by atoms with Crippen molar-refractivity contribution in [2.24, 2.45) is 4.99 Å². The molecule has 1 aromatic rings. The van der Waals surface area contributed by atoms with Gasteiger partial charge in [0.25, 0.3) is 0 Å². The van der Waals surface area contributed by atoms with E-state index in [-0.39, 0.29) is 5.54 Å². The first kappa shape index (κ1) is 14.7. The van der Waals surface area contributed by atoms with Gasteiger partial charge in [-0.1, -0.05) is 25.0 Å². The van der Waals surface area contributed by atoms with Gasteiger partial charge >= 0.3 is 0 Å². The minimum absolute atomic E-state index is 0.332. The van der Waals surface area contributed by atoms with Gasteiger partial charge in [-0.05, 0) is 49.1 Å². The first-order chi connectivity index (χ1) is 10.3. The van der Waals surface area contributed by atoms with E-state index in [4.69, 9.17) is 4.74 Å². The van der Waals surface area contributed by atoms with Gasteiger partial charge in [0.1, 0.15) is 11.9 Å². The normalized spacial score (nSPS) is 24.3. The Bertz CT molecular complexity index is 510. The van der Waals surface area contributed by atoms with Gasteiger partial charge in [0, 0.05) is 5.75 Å². The molecule has 0 N–H and O–H groups in total. The van der Waals surface area contributed by atoms with Crippen LogP contribution in [0.4, 0.5) is 0 Å². The fourth-order valence-corrected chi connectivity index (χ4v) is 4.39. The number of hydrogen-bond acceptors (Lipinski definition) is 4. The average Bonchev–Trinajstić information content (AvgIpc) is 2.99. The highest BCUT2D eigenvalue weighted by Gasteiger charge is 2.35. The first-order valence-corrected chi connectivity index (χ1v) is 8.92. The van der Waals surface area contributed by atoms with Crippen LogP contribution < -0.4 is 4.74 Å². The molecule has 1 saturated carbocycles. The number of isocyanates is 1. The lowest BCUT2D eigenvalue weighted by atomic mass is 9.89. The van der Waals surface area contributed by atoms with Crippen molar-refractivity contribution in [1.29, 1.82) is 0 Å². The van der Waals surface area contributed by atoms with Crippen LogP contribution in [0.5, 0.6) is 5.75 Å². The number of hydrogen-bond donors (Lipinski definition) is 0. The third kappa shape index (κ3) is 3.33. The summed E-state index contributed by atoms with van der Waals surface area (Å²) in [5.74, 6) is 3.26. The van der Waals surface area contributed by atoms with E-state index in [9.17, 15) is 4.79 Å². The number of carbonyl (C=O) groups excluding carboxylic acids is 1. The maximum atomic E-state index is 10.8. The summed E-state index contributed by atoms with van der Waals surface area (Å²) in [6, 6.07) is 8.18. The Labute approximate surface area is 130 Å². The summed E-state index contributed by atoms with van der Waals surface area (Å²) in [6.45, 7) is 0. The standard InChI is InChI=1S/C17H21NO2S/c19-13-18-17(9-1-2-10-17)14-5-7-15(8-6-14)20-16-4-3-11-21-12-16/h5-8,16H,1-4,9-12H2. The van der Waals surface area contributed by atoms with Crippen LogP contribution in [0.2, 0.25) is 0 Å². The van der Waals surface area contributed by atoms with Gasteiger partial charge in [0.15, 0.2) is 0 Å². The lowest BCUT2D eigenvalue weighted by molar-refractivity contribution is 0.211. The van der Waals surface area contributed by atoms with Crippen LogP contribution in [0.1, 0.15) is 44.1 Å². The highest BCUT2D eigenvalue weighted by atomic mass is 32.2. The molecule has 1 aromatic carbocycles. The summed E-state index contributed by atoms with van der Waals surface area (Å²) in [5, 5.41) is 0. The molecule has 1 unspecified atom stereocenters. The number of benzene rings is 1. The smallest absolute Gasteiger partial charge is 0.235 e. The maximum Gasteiger partial charge on any atom is 0.235 e. The molecule has 1 aliphatic carbocycles. The molecular formula is C17H21NO2S. The Morgan fingerprint density at radius 2 is 1.95 bits per heavy atom. The van der Waals surface area contributed by atoms with E-state index >= 15 is 0 Å². The van der Waals surface area contributed by atoms with Gasteiger partial charge in [-0.3, -0.25) is 0 Å². The van der Waals surface area contributed by atoms with Crippen LogP contribution in [0.15, 0.2) is 29.3 Å². The Kier molecular flexibility index (Phi) is 4.67. The van der Waals surface area contributed by atoms with Gasteiger partial charge in [-0.15, -0.1) is 0 Å². The topological polar surface area (TPSA) is 38.7 Å². The summed E-state index contributed by atoms with van der Waals surface area (Å²) >= 11 is 1.97. The van der Waals surface area contributed by atoms with Crippen molar-refractivity contribution in [2.75, 3.05) is 11.5 Å². The van der Waals surface area contributed by atoms with Gasteiger partial charge in [0.2, 0.25) is 6.08 Å². The minimum Gasteiger partial charge on any atom is -0.490 e. The molecule has 0 bridgehead atoms. The molecule has 0 amide bonds. The fraction of sp³-hybridized carbons (Fsp3) is 0.588. The van der Waals surface area contributed by atoms with Crippen molar-refractivity contribution in [3.8, 4) is 5.75 Å². The fourth-order valence-electron chi connectivity index (χ4n) is 3.35. The van der Waals surface area contributed by atoms with Crippen LogP contribution in [-0.4, -0.2) is 23.7 Å². The SMILES string of the molecule is O=C=NC1(c2ccc(OC3CCCSC3)cc2)CCCC1. The number of rotatable bonds is 4. The Hall–Kier alpha value is -1.25. The zero-order valence-electron chi connectivity index (χ0n) is 12.2. The summed E-state index contributed by atoms with van der Waals surface area (Å²) in [7, 11) is 0. The lowest BCUT2D eigenvalue weighted by Crippen LogP contribution is -2.23. The number of nitrogens with zero attached hydrogens (tertiary/aromatic N) is 1. The number of aliphatic imine (C=N–C) groups is 1. The van der Waals surface area contributed by atoms with Crippen LogP contribution in [0.25, 0.3) is 0 Å². The molecule has 1 saturated heterocycles. The van der Waals surface area contributed by atoms with Gasteiger partial charge in [0.05, 0.1) is 5.54 Å². The highest BCUT2D eigenvalue weighted by molar-refractivity contribution is 7.99. The second kappa shape index (κ2) is 6.67. The molecule has 4 heteroatoms. The molecule has 3 nitrogen and oxygen atoms in total. The van der Waals surface area contributed by atoms with Gasteiger partial charge in [-0.2, -0.15) is 16.8 Å². The van der Waals surface area contributed by atoms with Gasteiger partial charge in [-0.25, -0.2) is 4.79 Å². The van der Waals surface area contributed by atoms with Crippen molar-refractivity contribution >= 4 is 17.8 Å². The third-order valence-electron chi connectivity index (χ3n) is 4.50. The predicted octanol–water partition coefficient (Wildman–Crippen LogP) is 4.07. The Morgan fingerprint density at radius 1 is 1.19 bits per heavy atom. The van der Waals surface area contributed by atoms with E-state index in [1.54, 1.807) is 6.08 Å². The van der Waals surface area contributed by atoms with Gasteiger partial charge < -0.3 is 4.74 Å². The molecule has 0 radical (unpaired) electrons. The van der Waals surface area contributed by atoms with Crippen LogP contribution >= 0.6 is 11.8 Å². The summed E-state index contributed by atoms with van der Waals surface area (Å²) in [5.41, 5.74) is 0.787. The van der Waals surface area contributed by atoms with Crippen LogP contribution in [0, 0.1) is 0 Å². The second-order valence-electron chi connectivity index (χ2n) is 5.92. The predicted molar refractivity (Wildman–Crippen MR) is 85.7 cm³/mol. The van der Waals surface area contributed by atoms with Crippen molar-refractivity contribution < 1.29 is 9.53 Å². The van der Waals surface area contributed by atoms with Crippen molar-refractivity contribution in [3.63, 3.8) is 0 Å². The van der Waals surface area contributed by atoms with E-state index in [0.29, 0.717) is 6.10 Å². The third-order valence-corrected chi connectivity index (χ3v) is 5.69. The summed E-state index contributed by atoms with van der Waals surface area (Å²) in [4.78, 5) is 14.9. The number of ether oxygens (including phenoxy) is 1. The molecule has 2 fully saturated rings. The molecule has 1 aliphatic heterocycles. The van der Waals surface area contributed by atoms with Crippen LogP contribution in [0.3, 0.4) is 0 Å². The molecule has 112 valence electrons. The van der Waals surface area contributed by atoms with E-state index in [0.717, 1.165) is 49.2 Å². The van der Waals surface area contributed by atoms with E-state index in [2.05, 4.69) is 17.1 Å². The summed E-state index contributed by atoms with van der Waals surface area (Å²) < 4.78 is 6.04. The molecule has 0 aromatic heterocycles. The largest absolute Gasteiger partial charge is 0.490 e. The van der Waals surface area contributed by atoms with E-state index < -0.39 is 0 Å². The monoisotopic (exact) mass is 303 g/mol. The Morgan fingerprint density at radius 3 is 2.57 bits per heavy atom. The van der Waals surface area contributed by atoms with E-state index in [1.807, 2.05) is 23.9 Å². The maximum absolute atomic E-state index is 10.8. The molecule has 0 spiro atoms. The minimum atomic E-state index is -0.332. The van der Waals surface area contributed by atoms with Crippen molar-refractivity contribution in [2.45, 2.75) is 50.2 Å². The van der Waals surface area contributed by atoms with Crippen molar-refractivity contribution in [1.82, 2.24) is 0 Å². The molecule has 1 heterocycles. The average molecular weight is 303 g/mol. The molecular weight excluding hydrogens is 282 g/mol. The number of thioether (sulfide) groups is 1. The van der Waals surface area contributed by atoms with E-state index in [1.165, 1.54) is 12.2 Å². The van der Waals surface area contributed by atoms with Crippen LogP contribution in [-0.2, 0) is 10.3 Å². The Balaban J connectivity index is 1.72. The highest BCUT2D eigenvalue weighted by Crippen LogP contribution is 2.42. The zero-order chi connectivity index (χ0) is 14.5.